The Kier molecular flexibility index (Phi) is 7.18. The van der Waals surface area contributed by atoms with Crippen molar-refractivity contribution in [3.8, 4) is 5.75 Å². The summed E-state index contributed by atoms with van der Waals surface area (Å²) in [5.74, 6) is -1.10. The van der Waals surface area contributed by atoms with Crippen LogP contribution in [0.3, 0.4) is 0 Å². The SMILES string of the molecule is COc1ccc(S(=O)(=O)N2CCC(C(=O)Nc3cc(C(F)(F)F)cc(C(F)(F)F)c3)CC2)cc1. The Morgan fingerprint density at radius 1 is 0.941 bits per heavy atom. The van der Waals surface area contributed by atoms with Crippen molar-refractivity contribution >= 4 is 21.6 Å². The van der Waals surface area contributed by atoms with Gasteiger partial charge in [0, 0.05) is 24.7 Å². The minimum absolute atomic E-state index is 0.0276. The molecule has 2 aromatic carbocycles. The molecule has 2 aromatic rings. The second-order valence-corrected chi connectivity index (χ2v) is 9.58. The molecule has 1 amide bonds. The predicted octanol–water partition coefficient (Wildman–Crippen LogP) is 4.77. The molecule has 1 heterocycles. The number of nitrogens with one attached hydrogen (secondary N) is 1. The minimum Gasteiger partial charge on any atom is -0.497 e. The topological polar surface area (TPSA) is 75.7 Å². The maximum absolute atomic E-state index is 13.0. The lowest BCUT2D eigenvalue weighted by atomic mass is 9.97. The molecule has 34 heavy (non-hydrogen) atoms. The number of nitrogens with zero attached hydrogens (tertiary/aromatic N) is 1. The number of carbonyl (C=O) groups excluding carboxylic acids is 1. The third-order valence-electron chi connectivity index (χ3n) is 5.38. The van der Waals surface area contributed by atoms with E-state index in [9.17, 15) is 39.6 Å². The van der Waals surface area contributed by atoms with Crippen molar-refractivity contribution in [1.29, 1.82) is 0 Å². The van der Waals surface area contributed by atoms with Gasteiger partial charge < -0.3 is 10.1 Å². The summed E-state index contributed by atoms with van der Waals surface area (Å²) in [5, 5.41) is 2.11. The molecule has 1 N–H and O–H groups in total. The maximum atomic E-state index is 13.0. The van der Waals surface area contributed by atoms with Crippen LogP contribution in [-0.2, 0) is 27.2 Å². The first-order valence-electron chi connectivity index (χ1n) is 9.96. The van der Waals surface area contributed by atoms with E-state index < -0.39 is 51.0 Å². The van der Waals surface area contributed by atoms with Crippen LogP contribution >= 0.6 is 0 Å². The van der Waals surface area contributed by atoms with Crippen molar-refractivity contribution in [3.05, 3.63) is 53.6 Å². The maximum Gasteiger partial charge on any atom is 0.416 e. The molecule has 0 radical (unpaired) electrons. The molecular weight excluding hydrogens is 490 g/mol. The Bertz CT molecular complexity index is 1110. The number of piperidine rings is 1. The van der Waals surface area contributed by atoms with Gasteiger partial charge in [-0.2, -0.15) is 30.6 Å². The zero-order valence-corrected chi connectivity index (χ0v) is 18.5. The molecule has 1 fully saturated rings. The standard InChI is InChI=1S/C21H20F6N2O4S/c1-33-17-2-4-18(5-3-17)34(31,32)29-8-6-13(7-9-29)19(30)28-16-11-14(20(22,23)24)10-15(12-16)21(25,26)27/h2-5,10-13H,6-9H2,1H3,(H,28,30). The Hall–Kier alpha value is -2.80. The van der Waals surface area contributed by atoms with E-state index in [1.807, 2.05) is 0 Å². The summed E-state index contributed by atoms with van der Waals surface area (Å²) < 4.78 is 110. The Morgan fingerprint density at radius 2 is 1.44 bits per heavy atom. The summed E-state index contributed by atoms with van der Waals surface area (Å²) >= 11 is 0. The van der Waals surface area contributed by atoms with Crippen LogP contribution in [0.15, 0.2) is 47.4 Å². The average Bonchev–Trinajstić information content (AvgIpc) is 2.77. The van der Waals surface area contributed by atoms with Crippen molar-refractivity contribution < 1.29 is 44.3 Å². The highest BCUT2D eigenvalue weighted by atomic mass is 32.2. The molecule has 1 aliphatic rings. The van der Waals surface area contributed by atoms with E-state index in [4.69, 9.17) is 4.74 Å². The first kappa shape index (κ1) is 25.8. The molecule has 0 saturated carbocycles. The zero-order chi connectivity index (χ0) is 25.3. The Morgan fingerprint density at radius 3 is 1.88 bits per heavy atom. The first-order valence-corrected chi connectivity index (χ1v) is 11.4. The summed E-state index contributed by atoms with van der Waals surface area (Å²) in [6.07, 6.45) is -9.98. The molecule has 0 unspecified atom stereocenters. The molecule has 0 atom stereocenters. The van der Waals surface area contributed by atoms with Crippen LogP contribution in [0.25, 0.3) is 0 Å². The number of carbonyl (C=O) groups is 1. The van der Waals surface area contributed by atoms with Crippen LogP contribution in [0.1, 0.15) is 24.0 Å². The van der Waals surface area contributed by atoms with Gasteiger partial charge in [0.05, 0.1) is 23.1 Å². The van der Waals surface area contributed by atoms with E-state index in [0.717, 1.165) is 0 Å². The van der Waals surface area contributed by atoms with Crippen LogP contribution in [0, 0.1) is 5.92 Å². The van der Waals surface area contributed by atoms with Gasteiger partial charge in [-0.05, 0) is 55.3 Å². The van der Waals surface area contributed by atoms with Crippen LogP contribution in [0.2, 0.25) is 0 Å². The van der Waals surface area contributed by atoms with Crippen molar-refractivity contribution in [2.75, 3.05) is 25.5 Å². The van der Waals surface area contributed by atoms with Crippen molar-refractivity contribution in [2.45, 2.75) is 30.1 Å². The monoisotopic (exact) mass is 510 g/mol. The summed E-state index contributed by atoms with van der Waals surface area (Å²) in [7, 11) is -2.41. The normalized spacial score (nSPS) is 16.3. The van der Waals surface area contributed by atoms with Crippen LogP contribution in [-0.4, -0.2) is 38.8 Å². The highest BCUT2D eigenvalue weighted by Gasteiger charge is 2.38. The summed E-state index contributed by atoms with van der Waals surface area (Å²) in [6, 6.07) is 6.54. The number of benzene rings is 2. The third-order valence-corrected chi connectivity index (χ3v) is 7.29. The average molecular weight is 510 g/mol. The second-order valence-electron chi connectivity index (χ2n) is 7.64. The van der Waals surface area contributed by atoms with E-state index in [0.29, 0.717) is 17.9 Å². The number of amides is 1. The lowest BCUT2D eigenvalue weighted by molar-refractivity contribution is -0.143. The fraction of sp³-hybridized carbons (Fsp3) is 0.381. The molecule has 0 bridgehead atoms. The number of ether oxygens (including phenoxy) is 1. The second kappa shape index (κ2) is 9.45. The van der Waals surface area contributed by atoms with Gasteiger partial charge in [0.25, 0.3) is 0 Å². The van der Waals surface area contributed by atoms with Gasteiger partial charge >= 0.3 is 12.4 Å². The fourth-order valence-corrected chi connectivity index (χ4v) is 5.00. The van der Waals surface area contributed by atoms with Gasteiger partial charge in [-0.25, -0.2) is 8.42 Å². The molecule has 6 nitrogen and oxygen atoms in total. The molecule has 0 aromatic heterocycles. The quantitative estimate of drug-likeness (QED) is 0.588. The van der Waals surface area contributed by atoms with Gasteiger partial charge in [-0.15, -0.1) is 0 Å². The van der Waals surface area contributed by atoms with Gasteiger partial charge in [-0.1, -0.05) is 0 Å². The number of anilines is 1. The number of hydrogen-bond donors (Lipinski definition) is 1. The van der Waals surface area contributed by atoms with E-state index in [2.05, 4.69) is 5.32 Å². The number of halogens is 6. The highest BCUT2D eigenvalue weighted by Crippen LogP contribution is 2.38. The largest absolute Gasteiger partial charge is 0.497 e. The lowest BCUT2D eigenvalue weighted by Gasteiger charge is -2.30. The summed E-state index contributed by atoms with van der Waals surface area (Å²) in [4.78, 5) is 12.6. The highest BCUT2D eigenvalue weighted by molar-refractivity contribution is 7.89. The third kappa shape index (κ3) is 5.81. The van der Waals surface area contributed by atoms with Gasteiger partial charge in [0.2, 0.25) is 15.9 Å². The lowest BCUT2D eigenvalue weighted by Crippen LogP contribution is -2.41. The molecule has 0 spiro atoms. The van der Waals surface area contributed by atoms with E-state index in [-0.39, 0.29) is 36.9 Å². The molecular formula is C21H20F6N2O4S. The number of methoxy groups -OCH3 is 1. The minimum atomic E-state index is -5.04. The predicted molar refractivity (Wildman–Crippen MR) is 110 cm³/mol. The number of hydrogen-bond acceptors (Lipinski definition) is 4. The van der Waals surface area contributed by atoms with Crippen LogP contribution < -0.4 is 10.1 Å². The Labute approximate surface area is 191 Å². The molecule has 13 heteroatoms. The molecule has 186 valence electrons. The Balaban J connectivity index is 1.70. The number of rotatable bonds is 5. The van der Waals surface area contributed by atoms with E-state index in [1.165, 1.54) is 35.7 Å². The summed E-state index contributed by atoms with van der Waals surface area (Å²) in [6.45, 7) is -0.0777. The first-order chi connectivity index (χ1) is 15.7. The van der Waals surface area contributed by atoms with E-state index >= 15 is 0 Å². The number of alkyl halides is 6. The molecule has 3 rings (SSSR count). The van der Waals surface area contributed by atoms with E-state index in [1.54, 1.807) is 0 Å². The van der Waals surface area contributed by atoms with Crippen molar-refractivity contribution in [3.63, 3.8) is 0 Å². The van der Waals surface area contributed by atoms with Crippen molar-refractivity contribution in [2.24, 2.45) is 5.92 Å². The van der Waals surface area contributed by atoms with Gasteiger partial charge in [0.15, 0.2) is 0 Å². The van der Waals surface area contributed by atoms with Gasteiger partial charge in [0.1, 0.15) is 5.75 Å². The zero-order valence-electron chi connectivity index (χ0n) is 17.7. The smallest absolute Gasteiger partial charge is 0.416 e. The fourth-order valence-electron chi connectivity index (χ4n) is 3.53. The summed E-state index contributed by atoms with van der Waals surface area (Å²) in [5.41, 5.74) is -3.73. The molecule has 1 saturated heterocycles. The van der Waals surface area contributed by atoms with Crippen molar-refractivity contribution in [1.82, 2.24) is 4.31 Å². The molecule has 0 aliphatic carbocycles. The van der Waals surface area contributed by atoms with Crippen LogP contribution in [0.4, 0.5) is 32.0 Å². The number of sulfonamides is 1. The van der Waals surface area contributed by atoms with Crippen LogP contribution in [0.5, 0.6) is 5.75 Å². The van der Waals surface area contributed by atoms with Gasteiger partial charge in [-0.3, -0.25) is 4.79 Å². The molecule has 1 aliphatic heterocycles.